The summed E-state index contributed by atoms with van der Waals surface area (Å²) >= 11 is 0. The Labute approximate surface area is 340 Å². The number of hydrogen-bond acceptors (Lipinski definition) is 5. The van der Waals surface area contributed by atoms with Crippen molar-refractivity contribution in [3.63, 3.8) is 0 Å². The van der Waals surface area contributed by atoms with Crippen LogP contribution in [0.2, 0.25) is 0 Å². The smallest absolute Gasteiger partial charge is 0.254 e. The number of β-amino-alcohol motifs (C(OH)–C–C–N with tert-alkyl or cyclic N) is 1. The number of piperidine rings is 1. The van der Waals surface area contributed by atoms with E-state index in [1.165, 1.54) is 19.3 Å². The maximum absolute atomic E-state index is 14.6. The minimum atomic E-state index is -1.96. The predicted molar refractivity (Wildman–Crippen MR) is 232 cm³/mol. The van der Waals surface area contributed by atoms with Gasteiger partial charge in [0.1, 0.15) is 0 Å². The summed E-state index contributed by atoms with van der Waals surface area (Å²) in [5.41, 5.74) is 0.956. The van der Waals surface area contributed by atoms with E-state index in [-0.39, 0.29) is 33.6 Å². The van der Waals surface area contributed by atoms with Gasteiger partial charge in [-0.1, -0.05) is 84.7 Å². The lowest BCUT2D eigenvalue weighted by Gasteiger charge is -2.52. The molecule has 0 spiro atoms. The quantitative estimate of drug-likeness (QED) is 0.180. The third-order valence-corrected chi connectivity index (χ3v) is 16.1. The van der Waals surface area contributed by atoms with Crippen molar-refractivity contribution in [2.75, 3.05) is 26.2 Å². The van der Waals surface area contributed by atoms with Crippen LogP contribution in [-0.4, -0.2) is 80.9 Å². The number of rotatable bonds is 13. The van der Waals surface area contributed by atoms with Crippen LogP contribution in [0, 0.1) is 11.3 Å². The molecule has 5 rings (SSSR count). The lowest BCUT2D eigenvalue weighted by molar-refractivity contribution is -0.135. The summed E-state index contributed by atoms with van der Waals surface area (Å²) < 4.78 is 6.95. The molecule has 0 bridgehead atoms. The van der Waals surface area contributed by atoms with E-state index in [1.54, 1.807) is 0 Å². The molecule has 4 atom stereocenters. The van der Waals surface area contributed by atoms with Gasteiger partial charge in [-0.3, -0.25) is 14.5 Å². The number of aryl methyl sites for hydroxylation is 1. The molecule has 7 nitrogen and oxygen atoms in total. The maximum Gasteiger partial charge on any atom is 0.254 e. The number of hydrogen-bond donors (Lipinski definition) is 2. The van der Waals surface area contributed by atoms with Crippen molar-refractivity contribution >= 4 is 22.1 Å². The number of fused-ring (bicyclic) bond motifs is 1. The average Bonchev–Trinajstić information content (AvgIpc) is 3.13. The van der Waals surface area contributed by atoms with Gasteiger partial charge in [-0.2, -0.15) is 0 Å². The second-order valence-electron chi connectivity index (χ2n) is 19.6. The molecular formula is C48H71N3O4S. The van der Waals surface area contributed by atoms with Gasteiger partial charge in [0, 0.05) is 50.8 Å². The fourth-order valence-corrected chi connectivity index (χ4v) is 12.8. The zero-order valence-corrected chi connectivity index (χ0v) is 36.9. The molecule has 1 saturated carbocycles. The third kappa shape index (κ3) is 10.3. The highest BCUT2D eigenvalue weighted by atomic mass is 32.3. The summed E-state index contributed by atoms with van der Waals surface area (Å²) in [6, 6.07) is 28.7. The Morgan fingerprint density at radius 3 is 2.05 bits per heavy atom. The molecule has 0 radical (unpaired) electrons. The lowest BCUT2D eigenvalue weighted by Crippen LogP contribution is -2.61. The number of carbonyl (C=O) groups excluding carboxylic acids is 2. The fraction of sp³-hybridized carbons (Fsp3) is 0.583. The molecule has 2 unspecified atom stereocenters. The summed E-state index contributed by atoms with van der Waals surface area (Å²) in [6.07, 6.45) is 6.05. The van der Waals surface area contributed by atoms with Crippen molar-refractivity contribution in [1.29, 1.82) is 0 Å². The molecule has 1 heterocycles. The Morgan fingerprint density at radius 1 is 0.893 bits per heavy atom. The van der Waals surface area contributed by atoms with Crippen LogP contribution < -0.4 is 5.32 Å². The number of aliphatic hydroxyl groups excluding tert-OH is 1. The van der Waals surface area contributed by atoms with Gasteiger partial charge in [0.05, 0.1) is 18.8 Å². The average molecular weight is 786 g/mol. The first-order valence-corrected chi connectivity index (χ1v) is 22.5. The summed E-state index contributed by atoms with van der Waals surface area (Å²) in [7, 11) is -1.96. The summed E-state index contributed by atoms with van der Waals surface area (Å²) in [4.78, 5) is 34.9. The van der Waals surface area contributed by atoms with Crippen molar-refractivity contribution in [3.05, 3.63) is 96.1 Å². The standard InChI is InChI=1S/C48H71N3O4S/c1-45(2,3)49-43(53)42-33-48(10)30-20-19-22-37(48)34-50(42)35-38(52)29-28-36-21-17-18-27-41(36)44(54)51(46(4,5)6)31-32-55-56(47(7,8)9,39-23-13-11-14-24-39)40-25-15-12-16-26-40/h11-18,21,23-27,37-38,42,52H,19-20,22,28-35H2,1-10H3,(H,49,53)/t37-,38?,42?,48+/m1/s1. The number of nitrogens with one attached hydrogen (secondary N) is 1. The fourth-order valence-electron chi connectivity index (χ4n) is 9.10. The van der Waals surface area contributed by atoms with E-state index in [0.717, 1.165) is 34.7 Å². The molecule has 1 aliphatic carbocycles. The monoisotopic (exact) mass is 786 g/mol. The molecule has 1 aliphatic heterocycles. The molecule has 56 heavy (non-hydrogen) atoms. The normalized spacial score (nSPS) is 21.8. The zero-order chi connectivity index (χ0) is 40.9. The molecule has 1 saturated heterocycles. The molecule has 2 fully saturated rings. The van der Waals surface area contributed by atoms with Gasteiger partial charge >= 0.3 is 0 Å². The van der Waals surface area contributed by atoms with Gasteiger partial charge in [0.15, 0.2) is 0 Å². The van der Waals surface area contributed by atoms with Gasteiger partial charge in [-0.15, -0.1) is 0 Å². The van der Waals surface area contributed by atoms with E-state index in [9.17, 15) is 14.7 Å². The van der Waals surface area contributed by atoms with Crippen LogP contribution in [0.3, 0.4) is 0 Å². The Balaban J connectivity index is 1.31. The number of carbonyl (C=O) groups is 2. The molecule has 2 aliphatic rings. The van der Waals surface area contributed by atoms with E-state index < -0.39 is 22.0 Å². The number of likely N-dealkylation sites (tertiary alicyclic amines) is 1. The number of amides is 2. The van der Waals surface area contributed by atoms with Gasteiger partial charge in [0.25, 0.3) is 5.91 Å². The van der Waals surface area contributed by atoms with Gasteiger partial charge in [-0.05, 0) is 142 Å². The highest BCUT2D eigenvalue weighted by Crippen LogP contribution is 2.71. The molecule has 2 N–H and O–H groups in total. The molecule has 3 aromatic carbocycles. The number of benzene rings is 3. The lowest BCUT2D eigenvalue weighted by atomic mass is 9.62. The first-order chi connectivity index (χ1) is 26.2. The predicted octanol–water partition coefficient (Wildman–Crippen LogP) is 10.1. The van der Waals surface area contributed by atoms with E-state index >= 15 is 0 Å². The van der Waals surface area contributed by atoms with Crippen LogP contribution >= 0.6 is 10.3 Å². The Morgan fingerprint density at radius 2 is 1.48 bits per heavy atom. The molecule has 3 aromatic rings. The first-order valence-electron chi connectivity index (χ1n) is 21.0. The Bertz CT molecular complexity index is 1710. The van der Waals surface area contributed by atoms with Crippen LogP contribution in [0.15, 0.2) is 94.7 Å². The molecular weight excluding hydrogens is 715 g/mol. The van der Waals surface area contributed by atoms with E-state index in [0.29, 0.717) is 44.0 Å². The third-order valence-electron chi connectivity index (χ3n) is 12.0. The van der Waals surface area contributed by atoms with Gasteiger partial charge in [0.2, 0.25) is 5.91 Å². The summed E-state index contributed by atoms with van der Waals surface area (Å²) in [6.45, 7) is 23.5. The maximum atomic E-state index is 14.6. The van der Waals surface area contributed by atoms with Crippen LogP contribution in [-0.2, 0) is 15.4 Å². The highest BCUT2D eigenvalue weighted by Gasteiger charge is 2.47. The van der Waals surface area contributed by atoms with Crippen molar-refractivity contribution in [3.8, 4) is 0 Å². The van der Waals surface area contributed by atoms with Crippen molar-refractivity contribution in [1.82, 2.24) is 15.1 Å². The molecule has 2 amide bonds. The highest BCUT2D eigenvalue weighted by molar-refractivity contribution is 8.31. The molecule has 0 aromatic heterocycles. The first kappa shape index (κ1) is 43.9. The number of nitrogens with zero attached hydrogens (tertiary/aromatic N) is 2. The SMILES string of the molecule is CC(C)(C)NC(=O)C1C[C@]2(C)CCCC[C@@H]2CN1CC(O)CCc1ccccc1C(=O)N(CCOS(c1ccccc1)(c1ccccc1)C(C)(C)C)C(C)(C)C. The second-order valence-corrected chi connectivity index (χ2v) is 23.1. The minimum absolute atomic E-state index is 0.0338. The summed E-state index contributed by atoms with van der Waals surface area (Å²) in [5, 5.41) is 14.8. The Kier molecular flexibility index (Phi) is 13.9. The van der Waals surface area contributed by atoms with Gasteiger partial charge < -0.3 is 19.5 Å². The number of aliphatic hydroxyl groups is 1. The largest absolute Gasteiger partial charge is 0.392 e. The van der Waals surface area contributed by atoms with Crippen LogP contribution in [0.25, 0.3) is 0 Å². The van der Waals surface area contributed by atoms with Gasteiger partial charge in [-0.25, -0.2) is 0 Å². The van der Waals surface area contributed by atoms with E-state index in [2.05, 4.69) is 107 Å². The summed E-state index contributed by atoms with van der Waals surface area (Å²) in [5.74, 6) is 0.558. The van der Waals surface area contributed by atoms with E-state index in [4.69, 9.17) is 4.18 Å². The zero-order valence-electron chi connectivity index (χ0n) is 36.1. The minimum Gasteiger partial charge on any atom is -0.392 e. The van der Waals surface area contributed by atoms with Crippen LogP contribution in [0.5, 0.6) is 0 Å². The van der Waals surface area contributed by atoms with Crippen LogP contribution in [0.4, 0.5) is 0 Å². The molecule has 308 valence electrons. The van der Waals surface area contributed by atoms with Crippen molar-refractivity contribution in [2.24, 2.45) is 11.3 Å². The second kappa shape index (κ2) is 17.8. The topological polar surface area (TPSA) is 82.1 Å². The Hall–Kier alpha value is -3.17. The molecule has 8 heteroatoms. The van der Waals surface area contributed by atoms with E-state index in [1.807, 2.05) is 62.1 Å². The van der Waals surface area contributed by atoms with Crippen molar-refractivity contribution in [2.45, 2.75) is 152 Å². The van der Waals surface area contributed by atoms with Crippen molar-refractivity contribution < 1.29 is 18.9 Å². The van der Waals surface area contributed by atoms with Crippen LogP contribution in [0.1, 0.15) is 124 Å².